The van der Waals surface area contributed by atoms with Crippen LogP contribution in [0.3, 0.4) is 0 Å². The molecule has 3 rings (SSSR count). The zero-order chi connectivity index (χ0) is 14.3. The molecule has 0 aliphatic carbocycles. The molecule has 0 unspecified atom stereocenters. The van der Waals surface area contributed by atoms with Crippen LogP contribution in [0.4, 0.5) is 4.39 Å². The molecule has 0 amide bonds. The Kier molecular flexibility index (Phi) is 3.14. The summed E-state index contributed by atoms with van der Waals surface area (Å²) in [6.45, 7) is 3.71. The molecular formula is C16H12ClFN2. The molecule has 0 spiro atoms. The summed E-state index contributed by atoms with van der Waals surface area (Å²) in [4.78, 5) is 8.76. The first-order valence-electron chi connectivity index (χ1n) is 6.25. The summed E-state index contributed by atoms with van der Waals surface area (Å²) in [6, 6.07) is 10.8. The van der Waals surface area contributed by atoms with Crippen molar-refractivity contribution < 1.29 is 4.39 Å². The summed E-state index contributed by atoms with van der Waals surface area (Å²) in [7, 11) is 0. The van der Waals surface area contributed by atoms with Crippen molar-refractivity contribution in [3.63, 3.8) is 0 Å². The maximum absolute atomic E-state index is 13.7. The van der Waals surface area contributed by atoms with Crippen molar-refractivity contribution in [2.45, 2.75) is 13.8 Å². The predicted octanol–water partition coefficient (Wildman–Crippen LogP) is 4.71. The fourth-order valence-corrected chi connectivity index (χ4v) is 2.33. The smallest absolute Gasteiger partial charge is 0.161 e. The number of halogens is 2. The summed E-state index contributed by atoms with van der Waals surface area (Å²) in [5, 5.41) is 1.01. The number of rotatable bonds is 1. The second kappa shape index (κ2) is 4.84. The normalized spacial score (nSPS) is 11.0. The van der Waals surface area contributed by atoms with Gasteiger partial charge in [0.15, 0.2) is 5.82 Å². The minimum absolute atomic E-state index is 0.290. The van der Waals surface area contributed by atoms with E-state index >= 15 is 0 Å². The van der Waals surface area contributed by atoms with Gasteiger partial charge >= 0.3 is 0 Å². The topological polar surface area (TPSA) is 25.8 Å². The van der Waals surface area contributed by atoms with Gasteiger partial charge in [0.1, 0.15) is 11.0 Å². The third-order valence-corrected chi connectivity index (χ3v) is 3.61. The van der Waals surface area contributed by atoms with Gasteiger partial charge in [-0.15, -0.1) is 0 Å². The summed E-state index contributed by atoms with van der Waals surface area (Å²) >= 11 is 6.19. The summed E-state index contributed by atoms with van der Waals surface area (Å²) in [6.07, 6.45) is 0. The molecular weight excluding hydrogens is 275 g/mol. The molecule has 0 aliphatic rings. The molecule has 0 radical (unpaired) electrons. The van der Waals surface area contributed by atoms with Crippen molar-refractivity contribution in [3.8, 4) is 11.4 Å². The number of benzene rings is 2. The number of aromatic nitrogens is 2. The molecule has 1 heterocycles. The first-order chi connectivity index (χ1) is 9.56. The predicted molar refractivity (Wildman–Crippen MR) is 79.4 cm³/mol. The van der Waals surface area contributed by atoms with Crippen molar-refractivity contribution in [2.24, 2.45) is 0 Å². The molecule has 1 aromatic heterocycles. The number of fused-ring (bicyclic) bond motifs is 1. The maximum Gasteiger partial charge on any atom is 0.161 e. The van der Waals surface area contributed by atoms with Crippen molar-refractivity contribution >= 4 is 22.5 Å². The largest absolute Gasteiger partial charge is 0.228 e. The van der Waals surface area contributed by atoms with Gasteiger partial charge < -0.3 is 0 Å². The third-order valence-electron chi connectivity index (χ3n) is 3.32. The van der Waals surface area contributed by atoms with Crippen LogP contribution in [-0.2, 0) is 0 Å². The minimum Gasteiger partial charge on any atom is -0.228 e. The third kappa shape index (κ3) is 2.14. The lowest BCUT2D eigenvalue weighted by molar-refractivity contribution is 0.620. The Morgan fingerprint density at radius 2 is 1.65 bits per heavy atom. The number of nitrogens with zero attached hydrogens (tertiary/aromatic N) is 2. The van der Waals surface area contributed by atoms with Gasteiger partial charge in [-0.25, -0.2) is 14.4 Å². The molecule has 2 aromatic carbocycles. The van der Waals surface area contributed by atoms with E-state index < -0.39 is 0 Å². The molecule has 20 heavy (non-hydrogen) atoms. The number of hydrogen-bond acceptors (Lipinski definition) is 2. The van der Waals surface area contributed by atoms with E-state index in [0.29, 0.717) is 27.4 Å². The Balaban J connectivity index is 2.28. The number of aryl methyl sites for hydroxylation is 2. The van der Waals surface area contributed by atoms with Crippen LogP contribution >= 0.6 is 11.6 Å². The van der Waals surface area contributed by atoms with Gasteiger partial charge in [0.05, 0.1) is 5.52 Å². The zero-order valence-corrected chi connectivity index (χ0v) is 11.9. The van der Waals surface area contributed by atoms with Crippen LogP contribution in [-0.4, -0.2) is 9.97 Å². The Bertz CT molecular complexity index is 798. The molecule has 100 valence electrons. The van der Waals surface area contributed by atoms with Crippen LogP contribution in [0.2, 0.25) is 5.15 Å². The highest BCUT2D eigenvalue weighted by atomic mass is 35.5. The lowest BCUT2D eigenvalue weighted by atomic mass is 10.1. The van der Waals surface area contributed by atoms with Crippen LogP contribution in [0.1, 0.15) is 11.1 Å². The minimum atomic E-state index is -0.290. The van der Waals surface area contributed by atoms with E-state index in [1.54, 1.807) is 13.0 Å². The first-order valence-corrected chi connectivity index (χ1v) is 6.63. The molecule has 3 aromatic rings. The zero-order valence-electron chi connectivity index (χ0n) is 11.1. The van der Waals surface area contributed by atoms with E-state index in [9.17, 15) is 4.39 Å². The highest BCUT2D eigenvalue weighted by Gasteiger charge is 2.11. The summed E-state index contributed by atoms with van der Waals surface area (Å²) in [5.74, 6) is 0.221. The van der Waals surface area contributed by atoms with Gasteiger partial charge in [0.25, 0.3) is 0 Å². The second-order valence-electron chi connectivity index (χ2n) is 4.77. The van der Waals surface area contributed by atoms with Crippen LogP contribution < -0.4 is 0 Å². The average molecular weight is 287 g/mol. The van der Waals surface area contributed by atoms with Crippen LogP contribution in [0.5, 0.6) is 0 Å². The molecule has 0 aliphatic heterocycles. The highest BCUT2D eigenvalue weighted by Crippen LogP contribution is 2.28. The van der Waals surface area contributed by atoms with E-state index in [1.807, 2.05) is 31.2 Å². The van der Waals surface area contributed by atoms with E-state index in [4.69, 9.17) is 11.6 Å². The van der Waals surface area contributed by atoms with E-state index in [2.05, 4.69) is 9.97 Å². The Morgan fingerprint density at radius 3 is 2.35 bits per heavy atom. The fourth-order valence-electron chi connectivity index (χ4n) is 2.10. The van der Waals surface area contributed by atoms with Crippen molar-refractivity contribution in [1.29, 1.82) is 0 Å². The van der Waals surface area contributed by atoms with E-state index in [0.717, 1.165) is 11.1 Å². The molecule has 4 heteroatoms. The van der Waals surface area contributed by atoms with Crippen molar-refractivity contribution in [3.05, 3.63) is 58.5 Å². The van der Waals surface area contributed by atoms with Crippen LogP contribution in [0.25, 0.3) is 22.3 Å². The van der Waals surface area contributed by atoms with Gasteiger partial charge in [-0.2, -0.15) is 0 Å². The van der Waals surface area contributed by atoms with Crippen molar-refractivity contribution in [1.82, 2.24) is 9.97 Å². The second-order valence-corrected chi connectivity index (χ2v) is 5.13. The fraction of sp³-hybridized carbons (Fsp3) is 0.125. The molecule has 0 saturated heterocycles. The Labute approximate surface area is 121 Å². The van der Waals surface area contributed by atoms with E-state index in [-0.39, 0.29) is 5.82 Å². The monoisotopic (exact) mass is 286 g/mol. The van der Waals surface area contributed by atoms with Gasteiger partial charge in [-0.05, 0) is 26.0 Å². The SMILES string of the molecule is Cc1ccc(-c2nc(Cl)c3ccc(F)c(C)c3n2)cc1. The van der Waals surface area contributed by atoms with Gasteiger partial charge in [0.2, 0.25) is 0 Å². The molecule has 0 atom stereocenters. The van der Waals surface area contributed by atoms with Crippen molar-refractivity contribution in [2.75, 3.05) is 0 Å². The van der Waals surface area contributed by atoms with Crippen LogP contribution in [0, 0.1) is 19.7 Å². The Morgan fingerprint density at radius 1 is 0.950 bits per heavy atom. The first kappa shape index (κ1) is 13.0. The summed E-state index contributed by atoms with van der Waals surface area (Å²) < 4.78 is 13.7. The summed E-state index contributed by atoms with van der Waals surface area (Å²) in [5.41, 5.74) is 3.06. The quantitative estimate of drug-likeness (QED) is 0.606. The molecule has 0 N–H and O–H groups in total. The van der Waals surface area contributed by atoms with E-state index in [1.165, 1.54) is 6.07 Å². The maximum atomic E-state index is 13.7. The highest BCUT2D eigenvalue weighted by molar-refractivity contribution is 6.34. The van der Waals surface area contributed by atoms with Gasteiger partial charge in [0, 0.05) is 16.5 Å². The molecule has 0 fully saturated rings. The molecule has 2 nitrogen and oxygen atoms in total. The molecule has 0 bridgehead atoms. The molecule has 0 saturated carbocycles. The van der Waals surface area contributed by atoms with Gasteiger partial charge in [-0.3, -0.25) is 0 Å². The lowest BCUT2D eigenvalue weighted by Crippen LogP contribution is -1.95. The average Bonchev–Trinajstić information content (AvgIpc) is 2.44. The van der Waals surface area contributed by atoms with Gasteiger partial charge in [-0.1, -0.05) is 41.4 Å². The standard InChI is InChI=1S/C16H12ClFN2/c1-9-3-5-11(6-4-9)16-19-14-10(2)13(18)8-7-12(14)15(17)20-16/h3-8H,1-2H3. The Hall–Kier alpha value is -2.00. The number of hydrogen-bond donors (Lipinski definition) is 0. The lowest BCUT2D eigenvalue weighted by Gasteiger charge is -2.07. The van der Waals surface area contributed by atoms with Crippen LogP contribution in [0.15, 0.2) is 36.4 Å².